The maximum Gasteiger partial charge on any atom is 0.341 e. The monoisotopic (exact) mass is 420 g/mol. The summed E-state index contributed by atoms with van der Waals surface area (Å²) in [6, 6.07) is 5.77. The summed E-state index contributed by atoms with van der Waals surface area (Å²) in [4.78, 5) is 21.2. The summed E-state index contributed by atoms with van der Waals surface area (Å²) in [7, 11) is 1.67. The lowest BCUT2D eigenvalue weighted by Gasteiger charge is -2.36. The number of carbonyl (C=O) groups is 1. The maximum absolute atomic E-state index is 11.6. The van der Waals surface area contributed by atoms with Crippen LogP contribution in [0, 0.1) is 0 Å². The minimum absolute atomic E-state index is 0.203. The van der Waals surface area contributed by atoms with E-state index in [0.29, 0.717) is 31.0 Å². The van der Waals surface area contributed by atoms with Crippen molar-refractivity contribution < 1.29 is 24.2 Å². The van der Waals surface area contributed by atoms with Gasteiger partial charge in [0.2, 0.25) is 5.60 Å². The van der Waals surface area contributed by atoms with Crippen LogP contribution in [-0.4, -0.2) is 53.9 Å². The molecule has 0 amide bonds. The molecule has 0 saturated heterocycles. The molecular formula is C21H32N4O5. The molecule has 2 atom stereocenters. The summed E-state index contributed by atoms with van der Waals surface area (Å²) >= 11 is 0. The Hall–Kier alpha value is -2.20. The van der Waals surface area contributed by atoms with Crippen molar-refractivity contribution >= 4 is 11.8 Å². The lowest BCUT2D eigenvalue weighted by atomic mass is 9.80. The number of hydrogen-bond donors (Lipinski definition) is 4. The van der Waals surface area contributed by atoms with Crippen molar-refractivity contribution in [3.63, 3.8) is 0 Å². The van der Waals surface area contributed by atoms with E-state index in [1.165, 1.54) is 6.92 Å². The van der Waals surface area contributed by atoms with Crippen LogP contribution in [0.25, 0.3) is 0 Å². The second-order valence-corrected chi connectivity index (χ2v) is 8.49. The fraction of sp³-hybridized carbons (Fsp3) is 0.619. The molecular weight excluding hydrogens is 388 g/mol. The van der Waals surface area contributed by atoms with Crippen molar-refractivity contribution in [1.82, 2.24) is 0 Å². The summed E-state index contributed by atoms with van der Waals surface area (Å²) in [5.74, 6) is 5.13. The van der Waals surface area contributed by atoms with Gasteiger partial charge in [-0.15, -0.1) is 0 Å². The van der Waals surface area contributed by atoms with Gasteiger partial charge in [0.05, 0.1) is 12.1 Å². The molecule has 1 aliphatic heterocycles. The van der Waals surface area contributed by atoms with Gasteiger partial charge in [0, 0.05) is 18.7 Å². The van der Waals surface area contributed by atoms with Gasteiger partial charge >= 0.3 is 5.97 Å². The lowest BCUT2D eigenvalue weighted by molar-refractivity contribution is -0.179. The third-order valence-corrected chi connectivity index (χ3v) is 6.32. The Morgan fingerprint density at radius 2 is 2.07 bits per heavy atom. The molecule has 1 aliphatic carbocycles. The van der Waals surface area contributed by atoms with Crippen molar-refractivity contribution in [2.45, 2.75) is 68.7 Å². The zero-order valence-electron chi connectivity index (χ0n) is 17.6. The van der Waals surface area contributed by atoms with Gasteiger partial charge in [0.1, 0.15) is 17.7 Å². The van der Waals surface area contributed by atoms with Crippen molar-refractivity contribution in [3.05, 3.63) is 29.3 Å². The molecule has 166 valence electrons. The fourth-order valence-corrected chi connectivity index (χ4v) is 4.25. The van der Waals surface area contributed by atoms with Crippen LogP contribution < -0.4 is 22.1 Å². The van der Waals surface area contributed by atoms with Gasteiger partial charge in [0.25, 0.3) is 0 Å². The van der Waals surface area contributed by atoms with Gasteiger partial charge in [0.15, 0.2) is 0 Å². The summed E-state index contributed by atoms with van der Waals surface area (Å²) in [6.45, 7) is 1.92. The predicted molar refractivity (Wildman–Crippen MR) is 112 cm³/mol. The fourth-order valence-electron chi connectivity index (χ4n) is 4.25. The van der Waals surface area contributed by atoms with Gasteiger partial charge in [-0.1, -0.05) is 0 Å². The number of nitrogens with zero attached hydrogens (tertiary/aromatic N) is 1. The minimum Gasteiger partial charge on any atom is -0.486 e. The number of methoxy groups -OCH3 is 1. The number of aryl methyl sites for hydroxylation is 1. The number of hydrogen-bond acceptors (Lipinski definition) is 7. The van der Waals surface area contributed by atoms with Crippen LogP contribution >= 0.6 is 0 Å². The van der Waals surface area contributed by atoms with E-state index in [2.05, 4.69) is 0 Å². The highest BCUT2D eigenvalue weighted by molar-refractivity contribution is 5.98. The molecule has 0 unspecified atom stereocenters. The Kier molecular flexibility index (Phi) is 6.66. The largest absolute Gasteiger partial charge is 0.486 e. The number of carboxylic acids is 1. The van der Waals surface area contributed by atoms with Crippen LogP contribution in [0.2, 0.25) is 0 Å². The van der Waals surface area contributed by atoms with E-state index in [0.717, 1.165) is 36.8 Å². The number of benzene rings is 1. The zero-order valence-corrected chi connectivity index (χ0v) is 17.6. The highest BCUT2D eigenvalue weighted by Gasteiger charge is 2.46. The molecule has 1 fully saturated rings. The van der Waals surface area contributed by atoms with E-state index in [1.807, 2.05) is 12.1 Å². The molecule has 1 aromatic rings. The zero-order chi connectivity index (χ0) is 21.9. The maximum atomic E-state index is 11.6. The molecule has 30 heavy (non-hydrogen) atoms. The lowest BCUT2D eigenvalue weighted by Crippen LogP contribution is -2.54. The number of amidine groups is 1. The molecule has 1 saturated carbocycles. The molecule has 0 bridgehead atoms. The first-order valence-electron chi connectivity index (χ1n) is 10.2. The Bertz CT molecular complexity index is 807. The number of nitrogens with two attached hydrogens (primary N) is 3. The molecule has 1 aromatic carbocycles. The standard InChI is InChI=1S/C21H32N4O5/c1-20(30-24,19(26)27)17-6-4-13-11-14(3-5-16(13)29-17)18(23)25-21(12-28-2)9-7-15(22)8-10-21/h3,5,11,15,17H,4,6-10,12,22,24H2,1-2H3,(H2,23,25)(H,26,27)/t15?,17-,20+,21?/m1/s1. The summed E-state index contributed by atoms with van der Waals surface area (Å²) in [5.41, 5.74) is 12.2. The van der Waals surface area contributed by atoms with Crippen molar-refractivity contribution in [1.29, 1.82) is 0 Å². The first-order valence-corrected chi connectivity index (χ1v) is 10.2. The van der Waals surface area contributed by atoms with E-state index in [9.17, 15) is 9.90 Å². The van der Waals surface area contributed by atoms with E-state index in [-0.39, 0.29) is 11.6 Å². The Balaban J connectivity index is 1.81. The van der Waals surface area contributed by atoms with Crippen molar-refractivity contribution in [2.24, 2.45) is 22.4 Å². The number of carboxylic acid groups (broad SMARTS) is 1. The van der Waals surface area contributed by atoms with Crippen LogP contribution in [0.3, 0.4) is 0 Å². The molecule has 1 heterocycles. The van der Waals surface area contributed by atoms with Gasteiger partial charge in [-0.3, -0.25) is 9.83 Å². The molecule has 0 radical (unpaired) electrons. The molecule has 7 N–H and O–H groups in total. The number of fused-ring (bicyclic) bond motifs is 1. The third-order valence-electron chi connectivity index (χ3n) is 6.32. The molecule has 9 heteroatoms. The topological polar surface area (TPSA) is 155 Å². The second-order valence-electron chi connectivity index (χ2n) is 8.49. The third kappa shape index (κ3) is 4.44. The van der Waals surface area contributed by atoms with E-state index in [4.69, 9.17) is 36.7 Å². The van der Waals surface area contributed by atoms with Crippen LogP contribution in [0.15, 0.2) is 23.2 Å². The first-order chi connectivity index (χ1) is 14.2. The van der Waals surface area contributed by atoms with Crippen molar-refractivity contribution in [2.75, 3.05) is 13.7 Å². The van der Waals surface area contributed by atoms with Crippen LogP contribution in [0.1, 0.15) is 50.2 Å². The number of ether oxygens (including phenoxy) is 2. The van der Waals surface area contributed by atoms with Crippen molar-refractivity contribution in [3.8, 4) is 5.75 Å². The molecule has 3 rings (SSSR count). The minimum atomic E-state index is -1.62. The van der Waals surface area contributed by atoms with Crippen LogP contribution in [0.5, 0.6) is 5.75 Å². The van der Waals surface area contributed by atoms with Crippen LogP contribution in [0.4, 0.5) is 0 Å². The average molecular weight is 421 g/mol. The summed E-state index contributed by atoms with van der Waals surface area (Å²) < 4.78 is 11.3. The van der Waals surface area contributed by atoms with E-state index < -0.39 is 17.7 Å². The quantitative estimate of drug-likeness (QED) is 0.290. The van der Waals surface area contributed by atoms with E-state index >= 15 is 0 Å². The summed E-state index contributed by atoms with van der Waals surface area (Å²) in [6.07, 6.45) is 3.85. The Labute approximate surface area is 176 Å². The normalized spacial score (nSPS) is 28.9. The molecule has 0 aromatic heterocycles. The highest BCUT2D eigenvalue weighted by atomic mass is 16.7. The van der Waals surface area contributed by atoms with Gasteiger partial charge in [-0.25, -0.2) is 10.7 Å². The second kappa shape index (κ2) is 8.89. The molecule has 9 nitrogen and oxygen atoms in total. The van der Waals surface area contributed by atoms with Crippen LogP contribution in [-0.2, 0) is 20.8 Å². The van der Waals surface area contributed by atoms with Gasteiger partial charge < -0.3 is 26.0 Å². The van der Waals surface area contributed by atoms with Gasteiger partial charge in [-0.05, 0) is 69.2 Å². The molecule has 2 aliphatic rings. The SMILES string of the molecule is COCC1(N=C(N)c2ccc3c(c2)CC[C@H]([C@](C)(ON)C(=O)O)O3)CCC(N)CC1. The molecule has 0 spiro atoms. The predicted octanol–water partition coefficient (Wildman–Crippen LogP) is 1.11. The van der Waals surface area contributed by atoms with Gasteiger partial charge in [-0.2, -0.15) is 0 Å². The highest BCUT2D eigenvalue weighted by Crippen LogP contribution is 2.35. The van der Waals surface area contributed by atoms with E-state index in [1.54, 1.807) is 13.2 Å². The Morgan fingerprint density at radius 3 is 2.67 bits per heavy atom. The number of aliphatic carboxylic acids is 1. The number of aliphatic imine (C=N–C) groups is 1. The Morgan fingerprint density at radius 1 is 1.37 bits per heavy atom. The smallest absolute Gasteiger partial charge is 0.341 e. The average Bonchev–Trinajstić information content (AvgIpc) is 2.74. The number of rotatable bonds is 7. The first kappa shape index (κ1) is 22.5. The summed E-state index contributed by atoms with van der Waals surface area (Å²) in [5, 5.41) is 9.45.